The van der Waals surface area contributed by atoms with E-state index in [1.54, 1.807) is 19.1 Å². The van der Waals surface area contributed by atoms with E-state index in [0.29, 0.717) is 5.56 Å². The molecule has 1 rings (SSSR count). The van der Waals surface area contributed by atoms with Crippen LogP contribution in [0.2, 0.25) is 5.02 Å². The summed E-state index contributed by atoms with van der Waals surface area (Å²) in [5, 5.41) is 10.9. The van der Waals surface area contributed by atoms with Gasteiger partial charge in [0, 0.05) is 5.56 Å². The van der Waals surface area contributed by atoms with E-state index in [9.17, 15) is 10.1 Å². The molecule has 4 nitrogen and oxygen atoms in total. The lowest BCUT2D eigenvalue weighted by atomic mass is 10.2. The van der Waals surface area contributed by atoms with Crippen LogP contribution in [0, 0.1) is 17.0 Å². The molecule has 0 radical (unpaired) electrons. The van der Waals surface area contributed by atoms with Crippen LogP contribution in [0.15, 0.2) is 12.1 Å². The molecule has 0 atom stereocenters. The fraction of sp³-hybridized carbons (Fsp3) is 0.250. The van der Waals surface area contributed by atoms with Crippen LogP contribution in [0.3, 0.4) is 0 Å². The molecule has 1 aromatic carbocycles. The highest BCUT2D eigenvalue weighted by atomic mass is 35.5. The van der Waals surface area contributed by atoms with Crippen LogP contribution in [-0.4, -0.2) is 12.0 Å². The van der Waals surface area contributed by atoms with Crippen LogP contribution in [0.4, 0.5) is 5.69 Å². The van der Waals surface area contributed by atoms with Crippen molar-refractivity contribution in [3.05, 3.63) is 32.8 Å². The van der Waals surface area contributed by atoms with Crippen LogP contribution in [-0.2, 0) is 0 Å². The molecule has 0 bridgehead atoms. The number of halogens is 1. The monoisotopic (exact) mass is 201 g/mol. The molecule has 0 N–H and O–H groups in total. The molecule has 0 unspecified atom stereocenters. The molecule has 1 aromatic rings. The third-order valence-corrected chi connectivity index (χ3v) is 1.97. The van der Waals surface area contributed by atoms with Crippen molar-refractivity contribution in [3.8, 4) is 5.75 Å². The van der Waals surface area contributed by atoms with E-state index in [1.807, 2.05) is 0 Å². The summed E-state index contributed by atoms with van der Waals surface area (Å²) in [7, 11) is 1.35. The summed E-state index contributed by atoms with van der Waals surface area (Å²) in [6.07, 6.45) is 0. The number of hydrogen-bond donors (Lipinski definition) is 0. The van der Waals surface area contributed by atoms with Gasteiger partial charge in [-0.1, -0.05) is 17.7 Å². The maximum absolute atomic E-state index is 10.6. The van der Waals surface area contributed by atoms with Crippen LogP contribution in [0.5, 0.6) is 5.75 Å². The third kappa shape index (κ3) is 1.72. The normalized spacial score (nSPS) is 9.77. The highest BCUT2D eigenvalue weighted by Crippen LogP contribution is 2.36. The van der Waals surface area contributed by atoms with Crippen molar-refractivity contribution >= 4 is 17.3 Å². The number of aryl methyl sites for hydroxylation is 1. The Morgan fingerprint density at radius 3 is 2.54 bits per heavy atom. The van der Waals surface area contributed by atoms with E-state index in [2.05, 4.69) is 0 Å². The molecule has 70 valence electrons. The molecule has 0 aliphatic carbocycles. The number of rotatable bonds is 2. The second-order valence-corrected chi connectivity index (χ2v) is 2.91. The van der Waals surface area contributed by atoms with Crippen molar-refractivity contribution in [2.45, 2.75) is 6.92 Å². The average molecular weight is 202 g/mol. The van der Waals surface area contributed by atoms with Gasteiger partial charge < -0.3 is 4.74 Å². The SMILES string of the molecule is COc1c(Cl)ccc(C)c1[N+](=O)[O-]. The van der Waals surface area contributed by atoms with Crippen molar-refractivity contribution in [1.29, 1.82) is 0 Å². The summed E-state index contributed by atoms with van der Waals surface area (Å²) in [4.78, 5) is 10.1. The molecule has 0 saturated heterocycles. The summed E-state index contributed by atoms with van der Waals surface area (Å²) in [6.45, 7) is 1.64. The van der Waals surface area contributed by atoms with Gasteiger partial charge in [0.15, 0.2) is 0 Å². The van der Waals surface area contributed by atoms with Crippen molar-refractivity contribution in [2.24, 2.45) is 0 Å². The maximum Gasteiger partial charge on any atom is 0.315 e. The van der Waals surface area contributed by atoms with Gasteiger partial charge in [0.1, 0.15) is 0 Å². The number of nitro groups is 1. The van der Waals surface area contributed by atoms with Crippen LogP contribution >= 0.6 is 11.6 Å². The predicted molar refractivity (Wildman–Crippen MR) is 49.4 cm³/mol. The Kier molecular flexibility index (Phi) is 2.72. The van der Waals surface area contributed by atoms with Gasteiger partial charge in [0.2, 0.25) is 5.75 Å². The summed E-state index contributed by atoms with van der Waals surface area (Å²) >= 11 is 5.72. The number of ether oxygens (including phenoxy) is 1. The van der Waals surface area contributed by atoms with Crippen LogP contribution < -0.4 is 4.74 Å². The van der Waals surface area contributed by atoms with E-state index in [4.69, 9.17) is 16.3 Å². The number of methoxy groups -OCH3 is 1. The molecule has 0 amide bonds. The molecule has 0 spiro atoms. The molecule has 13 heavy (non-hydrogen) atoms. The number of benzene rings is 1. The maximum atomic E-state index is 10.6. The highest BCUT2D eigenvalue weighted by molar-refractivity contribution is 6.32. The van der Waals surface area contributed by atoms with Gasteiger partial charge in [-0.25, -0.2) is 0 Å². The fourth-order valence-corrected chi connectivity index (χ4v) is 1.30. The molecule has 0 aromatic heterocycles. The van der Waals surface area contributed by atoms with Crippen molar-refractivity contribution in [2.75, 3.05) is 7.11 Å². The molecule has 0 aliphatic heterocycles. The second-order valence-electron chi connectivity index (χ2n) is 2.50. The molecule has 5 heteroatoms. The smallest absolute Gasteiger partial charge is 0.315 e. The van der Waals surface area contributed by atoms with Crippen molar-refractivity contribution < 1.29 is 9.66 Å². The third-order valence-electron chi connectivity index (χ3n) is 1.67. The number of nitro benzene ring substituents is 1. The first-order valence-electron chi connectivity index (χ1n) is 3.55. The Morgan fingerprint density at radius 2 is 2.15 bits per heavy atom. The first-order chi connectivity index (χ1) is 6.07. The lowest BCUT2D eigenvalue weighted by Crippen LogP contribution is -1.96. The summed E-state index contributed by atoms with van der Waals surface area (Å²) in [5.41, 5.74) is 0.459. The first-order valence-corrected chi connectivity index (χ1v) is 3.93. The molecular formula is C8H8ClNO3. The lowest BCUT2D eigenvalue weighted by Gasteiger charge is -2.05. The van der Waals surface area contributed by atoms with E-state index in [0.717, 1.165) is 0 Å². The van der Waals surface area contributed by atoms with E-state index in [-0.39, 0.29) is 16.5 Å². The van der Waals surface area contributed by atoms with Gasteiger partial charge in [-0.05, 0) is 13.0 Å². The molecule has 0 saturated carbocycles. The minimum Gasteiger partial charge on any atom is -0.489 e. The zero-order valence-corrected chi connectivity index (χ0v) is 7.96. The Balaban J connectivity index is 3.43. The van der Waals surface area contributed by atoms with Gasteiger partial charge in [-0.15, -0.1) is 0 Å². The average Bonchev–Trinajstić information content (AvgIpc) is 2.07. The molecule has 0 aliphatic rings. The fourth-order valence-electron chi connectivity index (χ4n) is 1.07. The van der Waals surface area contributed by atoms with E-state index in [1.165, 1.54) is 7.11 Å². The van der Waals surface area contributed by atoms with Gasteiger partial charge in [-0.2, -0.15) is 0 Å². The number of hydrogen-bond acceptors (Lipinski definition) is 3. The van der Waals surface area contributed by atoms with Crippen LogP contribution in [0.25, 0.3) is 0 Å². The van der Waals surface area contributed by atoms with Gasteiger partial charge in [0.25, 0.3) is 0 Å². The summed E-state index contributed by atoms with van der Waals surface area (Å²) < 4.78 is 4.84. The number of nitrogens with zero attached hydrogens (tertiary/aromatic N) is 1. The lowest BCUT2D eigenvalue weighted by molar-refractivity contribution is -0.386. The van der Waals surface area contributed by atoms with E-state index >= 15 is 0 Å². The largest absolute Gasteiger partial charge is 0.489 e. The Bertz CT molecular complexity index is 351. The van der Waals surface area contributed by atoms with Crippen molar-refractivity contribution in [3.63, 3.8) is 0 Å². The van der Waals surface area contributed by atoms with Gasteiger partial charge in [0.05, 0.1) is 17.1 Å². The van der Waals surface area contributed by atoms with Gasteiger partial charge >= 0.3 is 5.69 Å². The quantitative estimate of drug-likeness (QED) is 0.546. The Morgan fingerprint density at radius 1 is 1.54 bits per heavy atom. The second kappa shape index (κ2) is 3.62. The molecular weight excluding hydrogens is 194 g/mol. The summed E-state index contributed by atoms with van der Waals surface area (Å²) in [5.74, 6) is 0.117. The molecule has 0 heterocycles. The topological polar surface area (TPSA) is 52.4 Å². The standard InChI is InChI=1S/C8H8ClNO3/c1-5-3-4-6(9)8(13-2)7(5)10(11)12/h3-4H,1-2H3. The minimum atomic E-state index is -0.500. The first kappa shape index (κ1) is 9.80. The van der Waals surface area contributed by atoms with Crippen molar-refractivity contribution in [1.82, 2.24) is 0 Å². The zero-order valence-electron chi connectivity index (χ0n) is 7.20. The minimum absolute atomic E-state index is 0.0741. The van der Waals surface area contributed by atoms with Crippen LogP contribution in [0.1, 0.15) is 5.56 Å². The zero-order chi connectivity index (χ0) is 10.0. The Labute approximate surface area is 80.2 Å². The summed E-state index contributed by atoms with van der Waals surface area (Å²) in [6, 6.07) is 3.16. The van der Waals surface area contributed by atoms with Gasteiger partial charge in [-0.3, -0.25) is 10.1 Å². The Hall–Kier alpha value is -1.29. The highest BCUT2D eigenvalue weighted by Gasteiger charge is 2.20. The predicted octanol–water partition coefficient (Wildman–Crippen LogP) is 2.57. The molecule has 0 fully saturated rings. The van der Waals surface area contributed by atoms with E-state index < -0.39 is 4.92 Å².